The molecule has 0 spiro atoms. The number of phenolic OH excluding ortho intramolecular Hbond substituents is 2. The number of phenols is 2. The number of fused-ring (bicyclic) bond motifs is 1. The highest BCUT2D eigenvalue weighted by Gasteiger charge is 2.51. The zero-order valence-electron chi connectivity index (χ0n) is 27.7. The molecule has 0 bridgehead atoms. The molecule has 20 nitrogen and oxygen atoms in total. The third-order valence-corrected chi connectivity index (χ3v) is 9.29. The van der Waals surface area contributed by atoms with Crippen LogP contribution in [0, 0.1) is 0 Å². The molecule has 3 saturated heterocycles. The molecule has 3 fully saturated rings. The fourth-order valence-corrected chi connectivity index (χ4v) is 6.23. The van der Waals surface area contributed by atoms with Crippen LogP contribution in [0.15, 0.2) is 45.6 Å². The van der Waals surface area contributed by atoms with Gasteiger partial charge in [0.2, 0.25) is 23.8 Å². The fraction of sp³-hybridized carbons (Fsp3) is 0.545. The summed E-state index contributed by atoms with van der Waals surface area (Å²) in [5.41, 5.74) is -1.30. The maximum Gasteiger partial charge on any atom is 0.239 e. The normalized spacial score (nSPS) is 37.8. The van der Waals surface area contributed by atoms with E-state index in [1.807, 2.05) is 0 Å². The lowest BCUT2D eigenvalue weighted by Crippen LogP contribution is -2.64. The van der Waals surface area contributed by atoms with E-state index >= 15 is 0 Å². The minimum atomic E-state index is -1.94. The van der Waals surface area contributed by atoms with Crippen molar-refractivity contribution in [1.29, 1.82) is 0 Å². The van der Waals surface area contributed by atoms with E-state index in [1.54, 1.807) is 0 Å². The molecule has 3 aliphatic rings. The number of hydrogen-bond donors (Lipinski definition) is 12. The van der Waals surface area contributed by atoms with E-state index in [2.05, 4.69) is 0 Å². The Hall–Kier alpha value is -3.71. The number of aliphatic hydroxyl groups excluding tert-OH is 10. The van der Waals surface area contributed by atoms with Crippen LogP contribution >= 0.6 is 0 Å². The zero-order valence-corrected chi connectivity index (χ0v) is 27.7. The number of aromatic hydroxyl groups is 2. The summed E-state index contributed by atoms with van der Waals surface area (Å²) >= 11 is 0. The van der Waals surface area contributed by atoms with Crippen molar-refractivity contribution in [2.45, 2.75) is 99.0 Å². The number of aliphatic hydroxyl groups is 10. The summed E-state index contributed by atoms with van der Waals surface area (Å²) in [5.74, 6) is -2.26. The Kier molecular flexibility index (Phi) is 11.5. The van der Waals surface area contributed by atoms with Crippen LogP contribution < -0.4 is 14.9 Å². The van der Waals surface area contributed by atoms with Crippen LogP contribution in [0.4, 0.5) is 0 Å². The van der Waals surface area contributed by atoms with Crippen molar-refractivity contribution in [3.8, 4) is 34.3 Å². The third-order valence-electron chi connectivity index (χ3n) is 9.29. The van der Waals surface area contributed by atoms with Gasteiger partial charge in [0.25, 0.3) is 0 Å². The first-order chi connectivity index (χ1) is 25.1. The van der Waals surface area contributed by atoms with Gasteiger partial charge in [-0.15, -0.1) is 0 Å². The summed E-state index contributed by atoms with van der Waals surface area (Å²) in [5, 5.41) is 123. The van der Waals surface area contributed by atoms with Gasteiger partial charge in [-0.3, -0.25) is 4.79 Å². The number of hydrogen-bond acceptors (Lipinski definition) is 20. The van der Waals surface area contributed by atoms with Crippen LogP contribution in [0.5, 0.6) is 23.0 Å². The predicted molar refractivity (Wildman–Crippen MR) is 171 cm³/mol. The van der Waals surface area contributed by atoms with E-state index < -0.39 is 128 Å². The lowest BCUT2D eigenvalue weighted by Gasteiger charge is -2.45. The largest absolute Gasteiger partial charge is 0.508 e. The van der Waals surface area contributed by atoms with Crippen LogP contribution in [0.2, 0.25) is 0 Å². The van der Waals surface area contributed by atoms with Gasteiger partial charge >= 0.3 is 0 Å². The van der Waals surface area contributed by atoms with Gasteiger partial charge in [-0.05, 0) is 31.2 Å². The highest BCUT2D eigenvalue weighted by Crippen LogP contribution is 2.39. The molecule has 0 saturated carbocycles. The molecule has 6 rings (SSSR count). The second-order valence-electron chi connectivity index (χ2n) is 12.9. The minimum Gasteiger partial charge on any atom is -0.508 e. The molecule has 3 aliphatic heterocycles. The van der Waals surface area contributed by atoms with Gasteiger partial charge in [0, 0.05) is 17.7 Å². The Labute approximate surface area is 298 Å². The van der Waals surface area contributed by atoms with Crippen molar-refractivity contribution in [3.05, 3.63) is 46.6 Å². The summed E-state index contributed by atoms with van der Waals surface area (Å²) in [7, 11) is 0. The molecule has 4 heterocycles. The topological polar surface area (TPSA) is 328 Å². The fourth-order valence-electron chi connectivity index (χ4n) is 6.23. The molecule has 292 valence electrons. The maximum absolute atomic E-state index is 14.2. The van der Waals surface area contributed by atoms with Gasteiger partial charge in [-0.25, -0.2) is 0 Å². The first-order valence-corrected chi connectivity index (χ1v) is 16.4. The summed E-state index contributed by atoms with van der Waals surface area (Å²) < 4.78 is 39.9. The van der Waals surface area contributed by atoms with Gasteiger partial charge in [-0.2, -0.15) is 0 Å². The summed E-state index contributed by atoms with van der Waals surface area (Å²) in [6.45, 7) is -0.235. The summed E-state index contributed by atoms with van der Waals surface area (Å²) in [6, 6.07) is 7.18. The zero-order chi connectivity index (χ0) is 38.5. The van der Waals surface area contributed by atoms with Crippen molar-refractivity contribution in [1.82, 2.24) is 0 Å². The van der Waals surface area contributed by atoms with Crippen LogP contribution in [0.1, 0.15) is 6.92 Å². The van der Waals surface area contributed by atoms with E-state index in [9.17, 15) is 66.1 Å². The van der Waals surface area contributed by atoms with Crippen molar-refractivity contribution in [2.24, 2.45) is 0 Å². The Balaban J connectivity index is 1.41. The second kappa shape index (κ2) is 15.6. The Morgan fingerprint density at radius 1 is 0.660 bits per heavy atom. The molecule has 2 aromatic carbocycles. The van der Waals surface area contributed by atoms with Crippen LogP contribution in [0.25, 0.3) is 22.3 Å². The van der Waals surface area contributed by atoms with Crippen molar-refractivity contribution < 1.29 is 94.1 Å². The van der Waals surface area contributed by atoms with Crippen LogP contribution in [-0.2, 0) is 18.9 Å². The first kappa shape index (κ1) is 39.0. The maximum atomic E-state index is 14.2. The summed E-state index contributed by atoms with van der Waals surface area (Å²) in [6.07, 6.45) is -25.3. The average Bonchev–Trinajstić information content (AvgIpc) is 3.13. The minimum absolute atomic E-state index is 0.0982. The standard InChI is InChI=1S/C33H40O20/c1-10-19(38)23(42)26(45)31(47-10)53-30-25(44)21(40)17(9-35)51-33(30)52-29-22(41)18-14(37)6-13(48-32-27(46)24(43)20(39)16(8-34)50-32)7-15(18)49-28(29)11-2-4-12(36)5-3-11/h2-7,10,16-17,19-21,23-27,30-40,42-46H,8-9H2,1H3/t10-,16-,17-,19-,20-,21-,23+,24+,25+,26+,27-,30-,31+,32-,33+/m1/s1. The van der Waals surface area contributed by atoms with E-state index in [1.165, 1.54) is 31.2 Å². The molecule has 0 radical (unpaired) electrons. The average molecular weight is 757 g/mol. The molecule has 53 heavy (non-hydrogen) atoms. The second-order valence-corrected chi connectivity index (χ2v) is 12.9. The smallest absolute Gasteiger partial charge is 0.239 e. The molecule has 0 amide bonds. The quantitative estimate of drug-likeness (QED) is 0.0992. The van der Waals surface area contributed by atoms with Crippen LogP contribution in [-0.4, -0.2) is 167 Å². The van der Waals surface area contributed by atoms with Gasteiger partial charge in [0.1, 0.15) is 89.3 Å². The molecule has 0 unspecified atom stereocenters. The molecule has 20 heteroatoms. The Morgan fingerprint density at radius 3 is 1.89 bits per heavy atom. The van der Waals surface area contributed by atoms with E-state index in [0.29, 0.717) is 0 Å². The molecule has 3 aromatic rings. The number of rotatable bonds is 9. The number of benzene rings is 2. The van der Waals surface area contributed by atoms with E-state index in [-0.39, 0.29) is 28.4 Å². The SMILES string of the molecule is C[C@H]1O[C@@H](O[C@H]2[C@H](Oc3c(-c4ccc(O)cc4)oc4cc(O[C@@H]5O[C@H](CO)[C@@H](O)[C@H](O)[C@H]5O)cc(O)c4c3=O)O[C@H](CO)[C@@H](O)[C@@H]2O)[C@@H](O)[C@@H](O)[C@@H]1O. The molecule has 0 aliphatic carbocycles. The van der Waals surface area contributed by atoms with E-state index in [4.69, 9.17) is 32.8 Å². The highest BCUT2D eigenvalue weighted by molar-refractivity contribution is 5.88. The van der Waals surface area contributed by atoms with E-state index in [0.717, 1.165) is 12.1 Å². The lowest BCUT2D eigenvalue weighted by molar-refractivity contribution is -0.354. The highest BCUT2D eigenvalue weighted by atomic mass is 16.8. The lowest BCUT2D eigenvalue weighted by atomic mass is 9.97. The van der Waals surface area contributed by atoms with Crippen LogP contribution in [0.3, 0.4) is 0 Å². The molecular weight excluding hydrogens is 716 g/mol. The van der Waals surface area contributed by atoms with Gasteiger partial charge in [-0.1, -0.05) is 0 Å². The van der Waals surface area contributed by atoms with Gasteiger partial charge in [0.15, 0.2) is 18.2 Å². The Bertz CT molecular complexity index is 1780. The van der Waals surface area contributed by atoms with Gasteiger partial charge in [0.05, 0.1) is 19.3 Å². The van der Waals surface area contributed by atoms with Crippen molar-refractivity contribution in [2.75, 3.05) is 13.2 Å². The Morgan fingerprint density at radius 2 is 1.25 bits per heavy atom. The monoisotopic (exact) mass is 756 g/mol. The molecule has 1 aromatic heterocycles. The third kappa shape index (κ3) is 7.39. The first-order valence-electron chi connectivity index (χ1n) is 16.4. The number of ether oxygens (including phenoxy) is 6. The van der Waals surface area contributed by atoms with Crippen molar-refractivity contribution in [3.63, 3.8) is 0 Å². The summed E-state index contributed by atoms with van der Waals surface area (Å²) in [4.78, 5) is 14.2. The predicted octanol–water partition coefficient (Wildman–Crippen LogP) is -3.92. The molecule has 12 N–H and O–H groups in total. The van der Waals surface area contributed by atoms with Gasteiger partial charge < -0.3 is 94.1 Å². The molecular formula is C33H40O20. The van der Waals surface area contributed by atoms with Crippen molar-refractivity contribution >= 4 is 11.0 Å². The molecule has 15 atom stereocenters.